The Morgan fingerprint density at radius 2 is 2.00 bits per heavy atom. The van der Waals surface area contributed by atoms with Crippen LogP contribution in [0.1, 0.15) is 47.1 Å². The number of ketones is 1. The SMILES string of the molecule is COc1cc(C2CC(=O)C3=C(C2)Nc2onc(C)c2C3c2ccc(Cl)cc2Cl)ccc1O. The van der Waals surface area contributed by atoms with E-state index >= 15 is 0 Å². The van der Waals surface area contributed by atoms with Crippen LogP contribution in [0.15, 0.2) is 52.2 Å². The van der Waals surface area contributed by atoms with Crippen molar-refractivity contribution in [2.24, 2.45) is 0 Å². The molecule has 2 N–H and O–H groups in total. The number of rotatable bonds is 3. The van der Waals surface area contributed by atoms with Crippen molar-refractivity contribution in [2.45, 2.75) is 31.6 Å². The molecule has 0 amide bonds. The van der Waals surface area contributed by atoms with E-state index in [4.69, 9.17) is 32.5 Å². The second-order valence-electron chi connectivity index (χ2n) is 8.09. The molecule has 164 valence electrons. The van der Waals surface area contributed by atoms with Crippen LogP contribution in [0.2, 0.25) is 10.0 Å². The van der Waals surface area contributed by atoms with E-state index in [0.717, 1.165) is 22.4 Å². The molecule has 0 saturated heterocycles. The maximum atomic E-state index is 13.5. The summed E-state index contributed by atoms with van der Waals surface area (Å²) in [5.41, 5.74) is 4.69. The number of carbonyl (C=O) groups excluding carboxylic acids is 1. The Bertz CT molecular complexity index is 1280. The van der Waals surface area contributed by atoms with Gasteiger partial charge in [-0.2, -0.15) is 0 Å². The van der Waals surface area contributed by atoms with Gasteiger partial charge < -0.3 is 19.7 Å². The first-order valence-electron chi connectivity index (χ1n) is 10.2. The number of aromatic hydroxyl groups is 1. The van der Waals surface area contributed by atoms with E-state index < -0.39 is 0 Å². The molecule has 1 aliphatic heterocycles. The van der Waals surface area contributed by atoms with Crippen molar-refractivity contribution in [3.05, 3.63) is 80.1 Å². The number of phenols is 1. The Kier molecular flexibility index (Phi) is 5.14. The summed E-state index contributed by atoms with van der Waals surface area (Å²) < 4.78 is 10.8. The molecule has 2 atom stereocenters. The number of methoxy groups -OCH3 is 1. The van der Waals surface area contributed by atoms with Crippen molar-refractivity contribution in [2.75, 3.05) is 12.4 Å². The number of aryl methyl sites for hydroxylation is 1. The molecule has 2 unspecified atom stereocenters. The Morgan fingerprint density at radius 3 is 2.75 bits per heavy atom. The Balaban J connectivity index is 1.61. The van der Waals surface area contributed by atoms with Crippen LogP contribution in [-0.4, -0.2) is 23.2 Å². The van der Waals surface area contributed by atoms with Gasteiger partial charge in [0.2, 0.25) is 5.88 Å². The molecule has 0 spiro atoms. The maximum Gasteiger partial charge on any atom is 0.233 e. The molecule has 0 bridgehead atoms. The van der Waals surface area contributed by atoms with E-state index in [-0.39, 0.29) is 23.4 Å². The van der Waals surface area contributed by atoms with E-state index in [1.165, 1.54) is 7.11 Å². The molecule has 2 aliphatic rings. The normalized spacial score (nSPS) is 19.9. The van der Waals surface area contributed by atoms with Gasteiger partial charge in [-0.05, 0) is 54.7 Å². The predicted molar refractivity (Wildman–Crippen MR) is 122 cm³/mol. The predicted octanol–water partition coefficient (Wildman–Crippen LogP) is 5.96. The van der Waals surface area contributed by atoms with Crippen LogP contribution in [0, 0.1) is 6.92 Å². The number of aromatic nitrogens is 1. The first-order valence-corrected chi connectivity index (χ1v) is 10.9. The smallest absolute Gasteiger partial charge is 0.233 e. The fourth-order valence-electron chi connectivity index (χ4n) is 4.70. The summed E-state index contributed by atoms with van der Waals surface area (Å²) in [4.78, 5) is 13.5. The number of anilines is 1. The van der Waals surface area contributed by atoms with Gasteiger partial charge in [-0.1, -0.05) is 40.5 Å². The molecule has 8 heteroatoms. The number of allylic oxidation sites excluding steroid dienone is 2. The molecule has 1 aliphatic carbocycles. The largest absolute Gasteiger partial charge is 0.504 e. The lowest BCUT2D eigenvalue weighted by molar-refractivity contribution is -0.116. The maximum absolute atomic E-state index is 13.5. The number of benzene rings is 2. The zero-order chi connectivity index (χ0) is 22.6. The van der Waals surface area contributed by atoms with Crippen molar-refractivity contribution < 1.29 is 19.2 Å². The number of fused-ring (bicyclic) bond motifs is 1. The number of phenolic OH excluding ortho intramolecular Hbond substituents is 1. The summed E-state index contributed by atoms with van der Waals surface area (Å²) in [6, 6.07) is 10.5. The third-order valence-electron chi connectivity index (χ3n) is 6.21. The zero-order valence-corrected chi connectivity index (χ0v) is 18.9. The number of carbonyl (C=O) groups is 1. The molecule has 3 aromatic rings. The third-order valence-corrected chi connectivity index (χ3v) is 6.77. The van der Waals surface area contributed by atoms with Gasteiger partial charge in [0.1, 0.15) is 0 Å². The van der Waals surface area contributed by atoms with Crippen LogP contribution in [0.5, 0.6) is 11.5 Å². The summed E-state index contributed by atoms with van der Waals surface area (Å²) in [6.45, 7) is 1.85. The van der Waals surface area contributed by atoms with Crippen molar-refractivity contribution in [1.29, 1.82) is 0 Å². The molecule has 0 radical (unpaired) electrons. The third kappa shape index (κ3) is 3.34. The summed E-state index contributed by atoms with van der Waals surface area (Å²) in [5, 5.41) is 18.4. The molecule has 0 fully saturated rings. The summed E-state index contributed by atoms with van der Waals surface area (Å²) in [6.07, 6.45) is 0.922. The fourth-order valence-corrected chi connectivity index (χ4v) is 5.22. The van der Waals surface area contributed by atoms with E-state index in [1.54, 1.807) is 24.3 Å². The van der Waals surface area contributed by atoms with Crippen LogP contribution in [-0.2, 0) is 4.79 Å². The number of ether oxygens (including phenoxy) is 1. The van der Waals surface area contributed by atoms with Gasteiger partial charge in [-0.3, -0.25) is 4.79 Å². The highest BCUT2D eigenvalue weighted by atomic mass is 35.5. The molecular weight excluding hydrogens is 451 g/mol. The van der Waals surface area contributed by atoms with Crippen molar-refractivity contribution in [3.8, 4) is 11.5 Å². The van der Waals surface area contributed by atoms with Crippen LogP contribution in [0.4, 0.5) is 5.88 Å². The van der Waals surface area contributed by atoms with Crippen molar-refractivity contribution in [1.82, 2.24) is 5.16 Å². The summed E-state index contributed by atoms with van der Waals surface area (Å²) >= 11 is 12.7. The minimum Gasteiger partial charge on any atom is -0.504 e. The Labute approximate surface area is 194 Å². The van der Waals surface area contributed by atoms with E-state index in [1.807, 2.05) is 19.1 Å². The minimum atomic E-state index is -0.389. The second-order valence-corrected chi connectivity index (χ2v) is 8.93. The zero-order valence-electron chi connectivity index (χ0n) is 17.4. The standard InChI is InChI=1S/C24H20Cl2N2O4/c1-11-21-22(15-5-4-14(25)10-16(15)26)23-17(27-24(21)32-28-11)7-13(8-19(23)30)12-3-6-18(29)20(9-12)31-2/h3-6,9-10,13,22,27,29H,7-8H2,1-2H3. The molecule has 2 heterocycles. The highest BCUT2D eigenvalue weighted by Crippen LogP contribution is 2.50. The van der Waals surface area contributed by atoms with Crippen molar-refractivity contribution >= 4 is 34.9 Å². The molecule has 32 heavy (non-hydrogen) atoms. The monoisotopic (exact) mass is 470 g/mol. The van der Waals surface area contributed by atoms with Crippen LogP contribution in [0.25, 0.3) is 0 Å². The first-order chi connectivity index (χ1) is 15.4. The van der Waals surface area contributed by atoms with E-state index in [0.29, 0.717) is 45.8 Å². The second kappa shape index (κ2) is 7.87. The Hall–Kier alpha value is -2.96. The molecule has 2 aromatic carbocycles. The summed E-state index contributed by atoms with van der Waals surface area (Å²) in [7, 11) is 1.50. The van der Waals surface area contributed by atoms with E-state index in [9.17, 15) is 9.90 Å². The van der Waals surface area contributed by atoms with Gasteiger partial charge in [0.25, 0.3) is 0 Å². The van der Waals surface area contributed by atoms with Crippen LogP contribution < -0.4 is 10.1 Å². The average molecular weight is 471 g/mol. The quantitative estimate of drug-likeness (QED) is 0.490. The molecule has 0 saturated carbocycles. The lowest BCUT2D eigenvalue weighted by Crippen LogP contribution is -2.29. The number of halogens is 2. The lowest BCUT2D eigenvalue weighted by atomic mass is 9.72. The molecule has 5 rings (SSSR count). The topological polar surface area (TPSA) is 84.6 Å². The van der Waals surface area contributed by atoms with Crippen LogP contribution >= 0.6 is 23.2 Å². The molecule has 6 nitrogen and oxygen atoms in total. The molecule has 1 aromatic heterocycles. The Morgan fingerprint density at radius 1 is 1.19 bits per heavy atom. The highest BCUT2D eigenvalue weighted by Gasteiger charge is 2.41. The number of hydrogen-bond acceptors (Lipinski definition) is 6. The van der Waals surface area contributed by atoms with Gasteiger partial charge in [0.05, 0.1) is 18.4 Å². The first kappa shape index (κ1) is 20.9. The van der Waals surface area contributed by atoms with Crippen molar-refractivity contribution in [3.63, 3.8) is 0 Å². The van der Waals surface area contributed by atoms with Gasteiger partial charge in [0.15, 0.2) is 17.3 Å². The number of nitrogens with zero attached hydrogens (tertiary/aromatic N) is 1. The molecular formula is C24H20Cl2N2O4. The van der Waals surface area contributed by atoms with E-state index in [2.05, 4.69) is 10.5 Å². The fraction of sp³-hybridized carbons (Fsp3) is 0.250. The number of hydrogen-bond donors (Lipinski definition) is 2. The van der Waals surface area contributed by atoms with Gasteiger partial charge in [-0.15, -0.1) is 0 Å². The highest BCUT2D eigenvalue weighted by molar-refractivity contribution is 6.35. The van der Waals surface area contributed by atoms with Gasteiger partial charge in [-0.25, -0.2) is 0 Å². The number of Topliss-reactive ketones (excluding diaryl/α,β-unsaturated/α-hetero) is 1. The summed E-state index contributed by atoms with van der Waals surface area (Å²) in [5.74, 6) is 0.529. The number of nitrogens with one attached hydrogen (secondary N) is 1. The van der Waals surface area contributed by atoms with Crippen LogP contribution in [0.3, 0.4) is 0 Å². The average Bonchev–Trinajstić information content (AvgIpc) is 3.13. The lowest BCUT2D eigenvalue weighted by Gasteiger charge is -2.34. The minimum absolute atomic E-state index is 0.0260. The van der Waals surface area contributed by atoms with Gasteiger partial charge >= 0.3 is 0 Å². The van der Waals surface area contributed by atoms with Gasteiger partial charge in [0, 0.05) is 33.7 Å².